The number of aliphatic hydroxyl groups is 1. The van der Waals surface area contributed by atoms with Gasteiger partial charge in [-0.1, -0.05) is 0 Å². The van der Waals surface area contributed by atoms with Crippen molar-refractivity contribution in [2.45, 2.75) is 26.0 Å². The molecule has 4 heteroatoms. The van der Waals surface area contributed by atoms with Crippen LogP contribution in [0.4, 0.5) is 4.39 Å². The second-order valence-electron chi connectivity index (χ2n) is 5.19. The van der Waals surface area contributed by atoms with Crippen molar-refractivity contribution in [3.05, 3.63) is 48.0 Å². The molecule has 0 bridgehead atoms. The highest BCUT2D eigenvalue weighted by Crippen LogP contribution is 2.22. The molecule has 1 aromatic heterocycles. The summed E-state index contributed by atoms with van der Waals surface area (Å²) < 4.78 is 18.5. The molecule has 0 atom stereocenters. The van der Waals surface area contributed by atoms with E-state index < -0.39 is 5.60 Å². The first kappa shape index (κ1) is 13.8. The zero-order valence-electron chi connectivity index (χ0n) is 11.1. The van der Waals surface area contributed by atoms with Crippen LogP contribution in [0.3, 0.4) is 0 Å². The van der Waals surface area contributed by atoms with Gasteiger partial charge in [-0.2, -0.15) is 0 Å². The van der Waals surface area contributed by atoms with Crippen molar-refractivity contribution < 1.29 is 13.9 Å². The monoisotopic (exact) mass is 263 g/mol. The van der Waals surface area contributed by atoms with Crippen molar-refractivity contribution in [1.82, 2.24) is 5.32 Å². The van der Waals surface area contributed by atoms with Gasteiger partial charge < -0.3 is 14.8 Å². The normalized spacial score (nSPS) is 11.8. The number of nitrogens with one attached hydrogen (secondary N) is 1. The first-order chi connectivity index (χ1) is 8.94. The van der Waals surface area contributed by atoms with Gasteiger partial charge in [0.25, 0.3) is 0 Å². The molecule has 0 saturated heterocycles. The van der Waals surface area contributed by atoms with E-state index >= 15 is 0 Å². The fraction of sp³-hybridized carbons (Fsp3) is 0.333. The summed E-state index contributed by atoms with van der Waals surface area (Å²) in [6, 6.07) is 9.91. The van der Waals surface area contributed by atoms with Crippen molar-refractivity contribution >= 4 is 0 Å². The SMILES string of the molecule is CC(C)(O)CNCc1ccc(-c2ccc(F)cc2)o1. The topological polar surface area (TPSA) is 45.4 Å². The summed E-state index contributed by atoms with van der Waals surface area (Å²) in [5, 5.41) is 12.7. The van der Waals surface area contributed by atoms with Crippen molar-refractivity contribution in [3.8, 4) is 11.3 Å². The van der Waals surface area contributed by atoms with E-state index in [2.05, 4.69) is 5.32 Å². The molecular weight excluding hydrogens is 245 g/mol. The number of halogens is 1. The van der Waals surface area contributed by atoms with Crippen LogP contribution in [0.5, 0.6) is 0 Å². The van der Waals surface area contributed by atoms with Gasteiger partial charge >= 0.3 is 0 Å². The Morgan fingerprint density at radius 1 is 1.16 bits per heavy atom. The highest BCUT2D eigenvalue weighted by atomic mass is 19.1. The summed E-state index contributed by atoms with van der Waals surface area (Å²) in [5.74, 6) is 1.23. The van der Waals surface area contributed by atoms with Crippen LogP contribution in [-0.2, 0) is 6.54 Å². The lowest BCUT2D eigenvalue weighted by Crippen LogP contribution is -2.34. The van der Waals surface area contributed by atoms with Crippen LogP contribution in [0, 0.1) is 5.82 Å². The average Bonchev–Trinajstić information content (AvgIpc) is 2.77. The van der Waals surface area contributed by atoms with E-state index in [1.165, 1.54) is 12.1 Å². The quantitative estimate of drug-likeness (QED) is 0.871. The molecule has 0 amide bonds. The van der Waals surface area contributed by atoms with Crippen molar-refractivity contribution in [1.29, 1.82) is 0 Å². The van der Waals surface area contributed by atoms with Gasteiger partial charge in [-0.25, -0.2) is 4.39 Å². The third-order valence-corrected chi connectivity index (χ3v) is 2.65. The Hall–Kier alpha value is -1.65. The lowest BCUT2D eigenvalue weighted by Gasteiger charge is -2.16. The number of benzene rings is 1. The summed E-state index contributed by atoms with van der Waals surface area (Å²) >= 11 is 0. The van der Waals surface area contributed by atoms with Gasteiger partial charge in [0.2, 0.25) is 0 Å². The highest BCUT2D eigenvalue weighted by molar-refractivity contribution is 5.57. The van der Waals surface area contributed by atoms with Crippen molar-refractivity contribution in [2.24, 2.45) is 0 Å². The maximum atomic E-state index is 12.8. The molecule has 1 heterocycles. The van der Waals surface area contributed by atoms with Gasteiger partial charge in [0.1, 0.15) is 17.3 Å². The van der Waals surface area contributed by atoms with E-state index in [4.69, 9.17) is 4.42 Å². The molecule has 0 unspecified atom stereocenters. The zero-order valence-corrected chi connectivity index (χ0v) is 11.1. The molecule has 2 aromatic rings. The number of hydrogen-bond acceptors (Lipinski definition) is 3. The molecule has 3 nitrogen and oxygen atoms in total. The molecule has 0 aliphatic rings. The molecule has 0 aliphatic heterocycles. The standard InChI is InChI=1S/C15H18FNO2/c1-15(2,18)10-17-9-13-7-8-14(19-13)11-3-5-12(16)6-4-11/h3-8,17-18H,9-10H2,1-2H3. The van der Waals surface area contributed by atoms with Crippen LogP contribution in [-0.4, -0.2) is 17.3 Å². The average molecular weight is 263 g/mol. The number of furan rings is 1. The predicted octanol–water partition coefficient (Wildman–Crippen LogP) is 2.95. The minimum absolute atomic E-state index is 0.262. The van der Waals surface area contributed by atoms with E-state index in [9.17, 15) is 9.50 Å². The number of rotatable bonds is 5. The fourth-order valence-corrected chi connectivity index (χ4v) is 1.73. The van der Waals surface area contributed by atoms with Gasteiger partial charge in [0.05, 0.1) is 12.1 Å². The number of hydrogen-bond donors (Lipinski definition) is 2. The molecule has 19 heavy (non-hydrogen) atoms. The summed E-state index contributed by atoms with van der Waals surface area (Å²) in [5.41, 5.74) is 0.0990. The van der Waals surface area contributed by atoms with Crippen LogP contribution >= 0.6 is 0 Å². The molecule has 0 spiro atoms. The third-order valence-electron chi connectivity index (χ3n) is 2.65. The van der Waals surface area contributed by atoms with Gasteiger partial charge in [-0.15, -0.1) is 0 Å². The molecule has 0 radical (unpaired) electrons. The molecular formula is C15H18FNO2. The summed E-state index contributed by atoms with van der Waals surface area (Å²) in [6.07, 6.45) is 0. The van der Waals surface area contributed by atoms with Crippen LogP contribution < -0.4 is 5.32 Å². The molecule has 1 aromatic carbocycles. The molecule has 102 valence electrons. The third kappa shape index (κ3) is 4.19. The van der Waals surface area contributed by atoms with Crippen LogP contribution in [0.15, 0.2) is 40.8 Å². The minimum atomic E-state index is -0.744. The Morgan fingerprint density at radius 2 is 1.84 bits per heavy atom. The minimum Gasteiger partial charge on any atom is -0.460 e. The Bertz CT molecular complexity index is 526. The summed E-state index contributed by atoms with van der Waals surface area (Å²) in [6.45, 7) is 4.52. The lowest BCUT2D eigenvalue weighted by molar-refractivity contribution is 0.0790. The van der Waals surface area contributed by atoms with Crippen LogP contribution in [0.2, 0.25) is 0 Å². The maximum absolute atomic E-state index is 12.8. The zero-order chi connectivity index (χ0) is 13.9. The largest absolute Gasteiger partial charge is 0.460 e. The van der Waals surface area contributed by atoms with Gasteiger partial charge in [-0.3, -0.25) is 0 Å². The highest BCUT2D eigenvalue weighted by Gasteiger charge is 2.12. The van der Waals surface area contributed by atoms with E-state index in [-0.39, 0.29) is 5.82 Å². The summed E-state index contributed by atoms with van der Waals surface area (Å²) in [7, 11) is 0. The Labute approximate surface area is 112 Å². The molecule has 0 fully saturated rings. The molecule has 2 N–H and O–H groups in total. The van der Waals surface area contributed by atoms with E-state index in [1.807, 2.05) is 12.1 Å². The van der Waals surface area contributed by atoms with E-state index in [1.54, 1.807) is 26.0 Å². The second kappa shape index (κ2) is 5.55. The first-order valence-corrected chi connectivity index (χ1v) is 6.22. The maximum Gasteiger partial charge on any atom is 0.134 e. The van der Waals surface area contributed by atoms with Crippen molar-refractivity contribution in [3.63, 3.8) is 0 Å². The first-order valence-electron chi connectivity index (χ1n) is 6.22. The fourth-order valence-electron chi connectivity index (χ4n) is 1.73. The predicted molar refractivity (Wildman–Crippen MR) is 72.1 cm³/mol. The van der Waals surface area contributed by atoms with Crippen molar-refractivity contribution in [2.75, 3.05) is 6.54 Å². The lowest BCUT2D eigenvalue weighted by atomic mass is 10.1. The second-order valence-corrected chi connectivity index (χ2v) is 5.19. The van der Waals surface area contributed by atoms with Gasteiger partial charge in [0.15, 0.2) is 0 Å². The smallest absolute Gasteiger partial charge is 0.134 e. The van der Waals surface area contributed by atoms with Gasteiger partial charge in [-0.05, 0) is 50.2 Å². The van der Waals surface area contributed by atoms with Crippen LogP contribution in [0.1, 0.15) is 19.6 Å². The molecule has 0 saturated carbocycles. The summed E-state index contributed by atoms with van der Waals surface area (Å²) in [4.78, 5) is 0. The van der Waals surface area contributed by atoms with E-state index in [0.717, 1.165) is 11.3 Å². The molecule has 0 aliphatic carbocycles. The Kier molecular flexibility index (Phi) is 4.02. The van der Waals surface area contributed by atoms with Crippen LogP contribution in [0.25, 0.3) is 11.3 Å². The van der Waals surface area contributed by atoms with E-state index in [0.29, 0.717) is 18.8 Å². The van der Waals surface area contributed by atoms with Gasteiger partial charge in [0, 0.05) is 12.1 Å². The Morgan fingerprint density at radius 3 is 2.47 bits per heavy atom. The Balaban J connectivity index is 1.97. The molecule has 2 rings (SSSR count).